The van der Waals surface area contributed by atoms with Gasteiger partial charge in [0.15, 0.2) is 5.96 Å². The molecule has 1 amide bonds. The molecule has 10 heteroatoms. The molecule has 9 nitrogen and oxygen atoms in total. The molecule has 0 spiro atoms. The number of hydrogen-bond donors (Lipinski definition) is 1. The maximum Gasteiger partial charge on any atom is 0.246 e. The van der Waals surface area contributed by atoms with Gasteiger partial charge in [0.1, 0.15) is 18.9 Å². The molecular weight excluding hydrogens is 509 g/mol. The van der Waals surface area contributed by atoms with Crippen LogP contribution in [0.4, 0.5) is 5.69 Å². The molecular formula is C21H32IN7O2. The molecule has 0 atom stereocenters. The quantitative estimate of drug-likeness (QED) is 0.325. The minimum Gasteiger partial charge on any atom is -0.492 e. The van der Waals surface area contributed by atoms with Crippen molar-refractivity contribution in [1.29, 1.82) is 0 Å². The summed E-state index contributed by atoms with van der Waals surface area (Å²) in [5, 5.41) is 7.52. The van der Waals surface area contributed by atoms with E-state index in [2.05, 4.69) is 20.3 Å². The van der Waals surface area contributed by atoms with Crippen LogP contribution in [-0.2, 0) is 18.4 Å². The van der Waals surface area contributed by atoms with Gasteiger partial charge in [-0.2, -0.15) is 5.10 Å². The summed E-state index contributed by atoms with van der Waals surface area (Å²) < 4.78 is 7.51. The average Bonchev–Trinajstić information content (AvgIpc) is 3.14. The second kappa shape index (κ2) is 11.9. The summed E-state index contributed by atoms with van der Waals surface area (Å²) in [5.74, 6) is 1.60. The summed E-state index contributed by atoms with van der Waals surface area (Å²) in [5.41, 5.74) is 1.93. The molecule has 0 saturated carbocycles. The fraction of sp³-hybridized carbons (Fsp3) is 0.476. The summed E-state index contributed by atoms with van der Waals surface area (Å²) in [4.78, 5) is 22.8. The van der Waals surface area contributed by atoms with Gasteiger partial charge in [0.05, 0.1) is 11.9 Å². The molecule has 2 heterocycles. The highest BCUT2D eigenvalue weighted by Crippen LogP contribution is 2.16. The van der Waals surface area contributed by atoms with Crippen molar-refractivity contribution in [3.05, 3.63) is 42.2 Å². The first kappa shape index (κ1) is 24.9. The largest absolute Gasteiger partial charge is 0.492 e. The van der Waals surface area contributed by atoms with E-state index in [1.54, 1.807) is 22.8 Å². The number of hydrogen-bond acceptors (Lipinski definition) is 5. The van der Waals surface area contributed by atoms with E-state index in [4.69, 9.17) is 4.74 Å². The number of piperazine rings is 1. The molecule has 0 radical (unpaired) electrons. The van der Waals surface area contributed by atoms with E-state index in [1.807, 2.05) is 56.5 Å². The lowest BCUT2D eigenvalue weighted by Crippen LogP contribution is -2.55. The van der Waals surface area contributed by atoms with Crippen LogP contribution in [0.15, 0.2) is 41.7 Å². The highest BCUT2D eigenvalue weighted by molar-refractivity contribution is 14.0. The van der Waals surface area contributed by atoms with E-state index in [0.29, 0.717) is 32.2 Å². The van der Waals surface area contributed by atoms with Crippen LogP contribution in [-0.4, -0.2) is 85.4 Å². The minimum atomic E-state index is 0. The predicted octanol–water partition coefficient (Wildman–Crippen LogP) is 1.40. The monoisotopic (exact) mass is 541 g/mol. The molecule has 1 aromatic heterocycles. The molecule has 0 bridgehead atoms. The third-order valence-corrected chi connectivity index (χ3v) is 4.89. The summed E-state index contributed by atoms with van der Waals surface area (Å²) in [6, 6.07) is 8.03. The minimum absolute atomic E-state index is 0. The van der Waals surface area contributed by atoms with E-state index in [-0.39, 0.29) is 36.4 Å². The van der Waals surface area contributed by atoms with Crippen LogP contribution in [0.2, 0.25) is 0 Å². The second-order valence-electron chi connectivity index (χ2n) is 7.54. The fourth-order valence-corrected chi connectivity index (χ4v) is 3.28. The van der Waals surface area contributed by atoms with Gasteiger partial charge >= 0.3 is 0 Å². The lowest BCUT2D eigenvalue weighted by molar-refractivity contribution is -0.120. The van der Waals surface area contributed by atoms with Crippen molar-refractivity contribution in [1.82, 2.24) is 24.9 Å². The Labute approximate surface area is 201 Å². The Balaban J connectivity index is 0.00000341. The van der Waals surface area contributed by atoms with Gasteiger partial charge in [-0.1, -0.05) is 12.1 Å². The maximum atomic E-state index is 12.6. The SMILES string of the molecule is CN=C(NCc1cccc(OCCN(C)C)c1)N1CCN(c2cnn(C)c2)C(=O)C1.I. The van der Waals surface area contributed by atoms with Crippen molar-refractivity contribution in [2.45, 2.75) is 6.54 Å². The summed E-state index contributed by atoms with van der Waals surface area (Å²) in [7, 11) is 7.63. The van der Waals surface area contributed by atoms with Gasteiger partial charge < -0.3 is 24.8 Å². The first-order valence-electron chi connectivity index (χ1n) is 10.1. The Bertz CT molecular complexity index is 884. The fourth-order valence-electron chi connectivity index (χ4n) is 3.28. The van der Waals surface area contributed by atoms with Gasteiger partial charge in [-0.05, 0) is 31.8 Å². The normalized spacial score (nSPS) is 14.6. The van der Waals surface area contributed by atoms with Crippen molar-refractivity contribution >= 4 is 41.5 Å². The molecule has 0 unspecified atom stereocenters. The van der Waals surface area contributed by atoms with Gasteiger partial charge in [0, 0.05) is 46.5 Å². The van der Waals surface area contributed by atoms with Gasteiger partial charge in [-0.3, -0.25) is 14.5 Å². The molecule has 1 saturated heterocycles. The number of guanidine groups is 1. The van der Waals surface area contributed by atoms with Crippen LogP contribution in [0.3, 0.4) is 0 Å². The van der Waals surface area contributed by atoms with Gasteiger partial charge in [0.25, 0.3) is 0 Å². The topological polar surface area (TPSA) is 78.2 Å². The molecule has 3 rings (SSSR count). The van der Waals surface area contributed by atoms with Crippen LogP contribution in [0.1, 0.15) is 5.56 Å². The highest BCUT2D eigenvalue weighted by Gasteiger charge is 2.27. The van der Waals surface area contributed by atoms with Crippen molar-refractivity contribution in [2.75, 3.05) is 58.8 Å². The van der Waals surface area contributed by atoms with Gasteiger partial charge in [-0.25, -0.2) is 0 Å². The van der Waals surface area contributed by atoms with E-state index in [1.165, 1.54) is 0 Å². The number of benzene rings is 1. The average molecular weight is 541 g/mol. The predicted molar refractivity (Wildman–Crippen MR) is 133 cm³/mol. The lowest BCUT2D eigenvalue weighted by Gasteiger charge is -2.35. The first-order chi connectivity index (χ1) is 14.5. The third kappa shape index (κ3) is 7.10. The number of aromatic nitrogens is 2. The molecule has 2 aromatic rings. The van der Waals surface area contributed by atoms with Crippen molar-refractivity contribution in [3.63, 3.8) is 0 Å². The van der Waals surface area contributed by atoms with Crippen molar-refractivity contribution < 1.29 is 9.53 Å². The number of ether oxygens (including phenoxy) is 1. The first-order valence-corrected chi connectivity index (χ1v) is 10.1. The van der Waals surface area contributed by atoms with Gasteiger partial charge in [0.2, 0.25) is 5.91 Å². The Morgan fingerprint density at radius 1 is 1.32 bits per heavy atom. The maximum absolute atomic E-state index is 12.6. The standard InChI is InChI=1S/C21H31N7O2.HI/c1-22-21(23-13-17-6-5-7-19(12-17)30-11-10-25(2)3)27-8-9-28(20(29)16-27)18-14-24-26(4)15-18;/h5-7,12,14-15H,8-11,13,16H2,1-4H3,(H,22,23);1H. The highest BCUT2D eigenvalue weighted by atomic mass is 127. The van der Waals surface area contributed by atoms with E-state index < -0.39 is 0 Å². The Kier molecular flexibility index (Phi) is 9.56. The Hall–Kier alpha value is -2.34. The number of likely N-dealkylation sites (N-methyl/N-ethyl adjacent to an activating group) is 1. The zero-order valence-electron chi connectivity index (χ0n) is 18.6. The van der Waals surface area contributed by atoms with Gasteiger partial charge in [-0.15, -0.1) is 24.0 Å². The summed E-state index contributed by atoms with van der Waals surface area (Å²) in [6.07, 6.45) is 3.57. The Morgan fingerprint density at radius 3 is 2.77 bits per heavy atom. The Morgan fingerprint density at radius 2 is 2.13 bits per heavy atom. The molecule has 1 N–H and O–H groups in total. The van der Waals surface area contributed by atoms with Crippen molar-refractivity contribution in [3.8, 4) is 5.75 Å². The van der Waals surface area contributed by atoms with E-state index >= 15 is 0 Å². The number of aliphatic imine (C=N–C) groups is 1. The molecule has 31 heavy (non-hydrogen) atoms. The number of carbonyl (C=O) groups is 1. The molecule has 0 aliphatic carbocycles. The number of nitrogens with one attached hydrogen (secondary N) is 1. The third-order valence-electron chi connectivity index (χ3n) is 4.89. The molecule has 1 fully saturated rings. The molecule has 1 aliphatic heterocycles. The van der Waals surface area contributed by atoms with Crippen LogP contribution >= 0.6 is 24.0 Å². The number of rotatable bonds is 7. The zero-order valence-corrected chi connectivity index (χ0v) is 20.9. The number of carbonyl (C=O) groups excluding carboxylic acids is 1. The zero-order chi connectivity index (χ0) is 21.5. The summed E-state index contributed by atoms with van der Waals surface area (Å²) >= 11 is 0. The lowest BCUT2D eigenvalue weighted by atomic mass is 10.2. The van der Waals surface area contributed by atoms with Crippen LogP contribution in [0, 0.1) is 0 Å². The number of amides is 1. The number of nitrogens with zero attached hydrogens (tertiary/aromatic N) is 6. The van der Waals surface area contributed by atoms with E-state index in [0.717, 1.165) is 23.5 Å². The smallest absolute Gasteiger partial charge is 0.246 e. The molecule has 170 valence electrons. The van der Waals surface area contributed by atoms with Crippen LogP contribution in [0.5, 0.6) is 5.75 Å². The second-order valence-corrected chi connectivity index (χ2v) is 7.54. The number of aryl methyl sites for hydroxylation is 1. The molecule has 1 aliphatic rings. The number of halogens is 1. The van der Waals surface area contributed by atoms with Crippen molar-refractivity contribution in [2.24, 2.45) is 12.0 Å². The van der Waals surface area contributed by atoms with Crippen LogP contribution < -0.4 is 15.0 Å². The molecule has 1 aromatic carbocycles. The summed E-state index contributed by atoms with van der Waals surface area (Å²) in [6.45, 7) is 3.70. The number of anilines is 1. The van der Waals surface area contributed by atoms with Crippen LogP contribution in [0.25, 0.3) is 0 Å². The van der Waals surface area contributed by atoms with E-state index in [9.17, 15) is 4.79 Å².